The molecule has 0 bridgehead atoms. The van der Waals surface area contributed by atoms with Gasteiger partial charge in [0.25, 0.3) is 11.5 Å². The first kappa shape index (κ1) is 38.1. The fraction of sp³-hybridized carbons (Fsp3) is 0.389. The van der Waals surface area contributed by atoms with Crippen LogP contribution in [0.4, 0.5) is 5.95 Å². The highest BCUT2D eigenvalue weighted by molar-refractivity contribution is 7.13. The van der Waals surface area contributed by atoms with Crippen LogP contribution in [-0.4, -0.2) is 105 Å². The Labute approximate surface area is 321 Å². The SMILES string of the molecule is [N-]=[N+]=N[C@H]1C[C@@H](C(=O)NCCOCCNc2ncc(CN3CCCC(c4nc(-c5cccs5)cc(=O)[nH]4)C3)cn2)N(C(=O)c2ccc3c(=O)oc(=O)[nH]c3c2)C1. The average Bonchev–Trinajstić information content (AvgIpc) is 3.89. The van der Waals surface area contributed by atoms with Gasteiger partial charge in [-0.15, -0.1) is 11.3 Å². The second-order valence-corrected chi connectivity index (χ2v) is 14.4. The van der Waals surface area contributed by atoms with E-state index >= 15 is 0 Å². The van der Waals surface area contributed by atoms with Crippen LogP contribution in [0.25, 0.3) is 31.9 Å². The van der Waals surface area contributed by atoms with E-state index in [9.17, 15) is 24.0 Å². The van der Waals surface area contributed by atoms with Crippen molar-refractivity contribution in [2.75, 3.05) is 51.3 Å². The monoisotopic (exact) mass is 782 g/mol. The van der Waals surface area contributed by atoms with Crippen molar-refractivity contribution < 1.29 is 18.7 Å². The van der Waals surface area contributed by atoms with Crippen LogP contribution in [0.2, 0.25) is 0 Å². The number of aromatic amines is 2. The lowest BCUT2D eigenvalue weighted by molar-refractivity contribution is -0.125. The van der Waals surface area contributed by atoms with Gasteiger partial charge < -0.3 is 29.7 Å². The highest BCUT2D eigenvalue weighted by Gasteiger charge is 2.39. The van der Waals surface area contributed by atoms with E-state index in [2.05, 4.69) is 49.9 Å². The number of carbonyl (C=O) groups excluding carboxylic acids is 2. The number of amides is 2. The van der Waals surface area contributed by atoms with E-state index in [0.29, 0.717) is 31.3 Å². The summed E-state index contributed by atoms with van der Waals surface area (Å²) in [6.45, 7) is 3.49. The number of piperidine rings is 1. The van der Waals surface area contributed by atoms with Crippen LogP contribution in [0, 0.1) is 0 Å². The Morgan fingerprint density at radius 3 is 2.73 bits per heavy atom. The van der Waals surface area contributed by atoms with Crippen LogP contribution < -0.4 is 27.6 Å². The molecule has 2 saturated heterocycles. The normalized spacial score (nSPS) is 18.4. The van der Waals surface area contributed by atoms with Crippen LogP contribution in [0.15, 0.2) is 78.1 Å². The van der Waals surface area contributed by atoms with Crippen molar-refractivity contribution in [2.45, 2.75) is 43.8 Å². The molecule has 0 spiro atoms. The van der Waals surface area contributed by atoms with E-state index in [-0.39, 0.29) is 54.1 Å². The molecule has 3 atom stereocenters. The first-order chi connectivity index (χ1) is 27.2. The predicted molar refractivity (Wildman–Crippen MR) is 205 cm³/mol. The van der Waals surface area contributed by atoms with Crippen LogP contribution in [-0.2, 0) is 16.1 Å². The van der Waals surface area contributed by atoms with Crippen LogP contribution in [0.3, 0.4) is 0 Å². The van der Waals surface area contributed by atoms with Crippen molar-refractivity contribution in [3.05, 3.63) is 113 Å². The second kappa shape index (κ2) is 17.5. The maximum atomic E-state index is 13.5. The molecule has 6 heterocycles. The summed E-state index contributed by atoms with van der Waals surface area (Å²) in [6.07, 6.45) is 5.63. The lowest BCUT2D eigenvalue weighted by Crippen LogP contribution is -2.46. The molecule has 56 heavy (non-hydrogen) atoms. The van der Waals surface area contributed by atoms with Gasteiger partial charge in [-0.3, -0.25) is 24.3 Å². The highest BCUT2D eigenvalue weighted by Crippen LogP contribution is 2.28. The summed E-state index contributed by atoms with van der Waals surface area (Å²) < 4.78 is 10.2. The minimum Gasteiger partial charge on any atom is -0.378 e. The summed E-state index contributed by atoms with van der Waals surface area (Å²) in [4.78, 5) is 89.1. The number of hydrogen-bond acceptors (Lipinski definition) is 14. The largest absolute Gasteiger partial charge is 0.419 e. The summed E-state index contributed by atoms with van der Waals surface area (Å²) >= 11 is 1.56. The summed E-state index contributed by atoms with van der Waals surface area (Å²) in [6, 6.07) is 8.04. The lowest BCUT2D eigenvalue weighted by Gasteiger charge is -2.32. The van der Waals surface area contributed by atoms with E-state index < -0.39 is 35.3 Å². The number of nitrogens with zero attached hydrogens (tertiary/aromatic N) is 8. The van der Waals surface area contributed by atoms with Gasteiger partial charge in [0.15, 0.2) is 0 Å². The first-order valence-corrected chi connectivity index (χ1v) is 18.9. The Hall–Kier alpha value is -6.21. The summed E-state index contributed by atoms with van der Waals surface area (Å²) in [5.74, 6) is -0.631. The maximum Gasteiger partial charge on any atom is 0.419 e. The molecule has 4 N–H and O–H groups in total. The summed E-state index contributed by atoms with van der Waals surface area (Å²) in [5, 5.41) is 11.7. The number of aromatic nitrogens is 5. The molecule has 1 aromatic carbocycles. The van der Waals surface area contributed by atoms with Crippen molar-refractivity contribution in [1.29, 1.82) is 0 Å². The highest BCUT2D eigenvalue weighted by atomic mass is 32.1. The fourth-order valence-corrected chi connectivity index (χ4v) is 7.66. The number of likely N-dealkylation sites (tertiary alicyclic amines) is 2. The third kappa shape index (κ3) is 9.17. The van der Waals surface area contributed by atoms with Crippen molar-refractivity contribution in [2.24, 2.45) is 5.11 Å². The standard InChI is InChI=1S/C36H38N12O7S/c37-46-45-24-14-28(48(20-24)33(51)22-5-6-25-26(13-22)43-36(53)55-34(25)52)32(50)38-7-10-54-11-8-39-35-40-16-21(17-41-35)18-47-9-1-3-23(19-47)31-42-27(15-30(49)44-31)29-4-2-12-56-29/h2,4-6,12-13,15-17,23-24,28H,1,3,7-11,14,18-20H2,(H,38,50)(H,43,53)(H,39,40,41)(H,42,44,49)/t23?,24-,28-/m0/s1. The van der Waals surface area contributed by atoms with Crippen molar-refractivity contribution in [1.82, 2.24) is 40.0 Å². The van der Waals surface area contributed by atoms with Gasteiger partial charge in [0.05, 0.1) is 40.7 Å². The van der Waals surface area contributed by atoms with Gasteiger partial charge in [-0.1, -0.05) is 11.2 Å². The van der Waals surface area contributed by atoms with Crippen LogP contribution >= 0.6 is 11.3 Å². The fourth-order valence-electron chi connectivity index (χ4n) is 6.97. The molecule has 2 aliphatic rings. The second-order valence-electron chi connectivity index (χ2n) is 13.4. The maximum absolute atomic E-state index is 13.5. The Balaban J connectivity index is 0.836. The molecule has 0 radical (unpaired) electrons. The number of ether oxygens (including phenoxy) is 1. The predicted octanol–water partition coefficient (Wildman–Crippen LogP) is 2.60. The quantitative estimate of drug-likeness (QED) is 0.0549. The molecule has 0 aliphatic carbocycles. The molecule has 2 fully saturated rings. The minimum atomic E-state index is -0.958. The number of benzene rings is 1. The topological polar surface area (TPSA) is 257 Å². The van der Waals surface area contributed by atoms with Gasteiger partial charge in [0.2, 0.25) is 11.9 Å². The Morgan fingerprint density at radius 1 is 1.09 bits per heavy atom. The summed E-state index contributed by atoms with van der Waals surface area (Å²) in [7, 11) is 0. The first-order valence-electron chi connectivity index (χ1n) is 18.0. The van der Waals surface area contributed by atoms with Gasteiger partial charge in [-0.25, -0.2) is 24.5 Å². The van der Waals surface area contributed by atoms with Gasteiger partial charge in [0.1, 0.15) is 11.9 Å². The van der Waals surface area contributed by atoms with E-state index in [1.165, 1.54) is 23.1 Å². The Bertz CT molecular complexity index is 2410. The lowest BCUT2D eigenvalue weighted by atomic mass is 9.96. The smallest absolute Gasteiger partial charge is 0.378 e. The molecule has 5 aromatic rings. The average molecular weight is 783 g/mol. The van der Waals surface area contributed by atoms with E-state index in [4.69, 9.17) is 15.3 Å². The molecule has 4 aromatic heterocycles. The van der Waals surface area contributed by atoms with Crippen LogP contribution in [0.5, 0.6) is 0 Å². The van der Waals surface area contributed by atoms with E-state index in [1.54, 1.807) is 29.8 Å². The summed E-state index contributed by atoms with van der Waals surface area (Å²) in [5.41, 5.74) is 9.91. The number of carbonyl (C=O) groups is 2. The zero-order valence-electron chi connectivity index (χ0n) is 30.1. The van der Waals surface area contributed by atoms with Crippen molar-refractivity contribution in [3.8, 4) is 10.6 Å². The Kier molecular flexibility index (Phi) is 11.9. The van der Waals surface area contributed by atoms with E-state index in [0.717, 1.165) is 42.2 Å². The number of thiophene rings is 1. The van der Waals surface area contributed by atoms with Gasteiger partial charge >= 0.3 is 11.4 Å². The zero-order valence-corrected chi connectivity index (χ0v) is 30.9. The Morgan fingerprint density at radius 2 is 1.93 bits per heavy atom. The third-order valence-corrected chi connectivity index (χ3v) is 10.5. The number of azide groups is 1. The molecular weight excluding hydrogens is 745 g/mol. The molecule has 1 unspecified atom stereocenters. The zero-order chi connectivity index (χ0) is 39.0. The molecule has 19 nitrogen and oxygen atoms in total. The molecule has 0 saturated carbocycles. The van der Waals surface area contributed by atoms with Crippen LogP contribution in [0.1, 0.15) is 46.9 Å². The number of rotatable bonds is 14. The van der Waals surface area contributed by atoms with Gasteiger partial charge in [0, 0.05) is 73.1 Å². The van der Waals surface area contributed by atoms with Gasteiger partial charge in [-0.2, -0.15) is 0 Å². The number of anilines is 1. The molecule has 7 rings (SSSR count). The van der Waals surface area contributed by atoms with Crippen molar-refractivity contribution >= 4 is 40.0 Å². The van der Waals surface area contributed by atoms with Gasteiger partial charge in [-0.05, 0) is 61.0 Å². The number of H-pyrrole nitrogens is 2. The molecule has 2 aliphatic heterocycles. The van der Waals surface area contributed by atoms with E-state index in [1.807, 2.05) is 17.5 Å². The minimum absolute atomic E-state index is 0.0166. The molecule has 20 heteroatoms. The number of hydrogen-bond donors (Lipinski definition) is 4. The molecule has 2 amide bonds. The molecular formula is C36H38N12O7S. The molecule has 290 valence electrons. The van der Waals surface area contributed by atoms with Crippen molar-refractivity contribution in [3.63, 3.8) is 0 Å². The third-order valence-electron chi connectivity index (χ3n) is 9.58. The number of fused-ring (bicyclic) bond motifs is 1. The number of nitrogens with one attached hydrogen (secondary N) is 4.